The first-order chi connectivity index (χ1) is 6.20. The number of esters is 1. The van der Waals surface area contributed by atoms with E-state index in [0.717, 1.165) is 25.7 Å². The van der Waals surface area contributed by atoms with Crippen LogP contribution >= 0.6 is 0 Å². The van der Waals surface area contributed by atoms with Crippen molar-refractivity contribution in [3.63, 3.8) is 0 Å². The quantitative estimate of drug-likeness (QED) is 0.497. The summed E-state index contributed by atoms with van der Waals surface area (Å²) in [6.07, 6.45) is 3.53. The van der Waals surface area contributed by atoms with Crippen LogP contribution in [0.15, 0.2) is 0 Å². The lowest BCUT2D eigenvalue weighted by atomic mass is 9.89. The van der Waals surface area contributed by atoms with E-state index < -0.39 is 6.29 Å². The third-order valence-corrected chi connectivity index (χ3v) is 2.31. The second kappa shape index (κ2) is 5.19. The highest BCUT2D eigenvalue weighted by Crippen LogP contribution is 2.24. The first kappa shape index (κ1) is 10.5. The van der Waals surface area contributed by atoms with Crippen molar-refractivity contribution in [1.82, 2.24) is 0 Å². The average Bonchev–Trinajstić information content (AvgIpc) is 2.15. The van der Waals surface area contributed by atoms with Gasteiger partial charge >= 0.3 is 5.97 Å². The van der Waals surface area contributed by atoms with Gasteiger partial charge in [0, 0.05) is 0 Å². The molecule has 4 nitrogen and oxygen atoms in total. The lowest BCUT2D eigenvalue weighted by molar-refractivity contribution is -0.162. The van der Waals surface area contributed by atoms with Gasteiger partial charge in [-0.25, -0.2) is 0 Å². The second-order valence-electron chi connectivity index (χ2n) is 3.45. The van der Waals surface area contributed by atoms with Gasteiger partial charge in [-0.1, -0.05) is 19.3 Å². The van der Waals surface area contributed by atoms with Crippen molar-refractivity contribution in [2.45, 2.75) is 38.4 Å². The predicted molar refractivity (Wildman–Crippen MR) is 45.8 cm³/mol. The molecule has 0 atom stereocenters. The fourth-order valence-electron chi connectivity index (χ4n) is 1.61. The summed E-state index contributed by atoms with van der Waals surface area (Å²) in [6.45, 7) is -0.310. The molecule has 1 fully saturated rings. The summed E-state index contributed by atoms with van der Waals surface area (Å²) in [5, 5.41) is 17.0. The molecule has 2 N–H and O–H groups in total. The molecule has 0 spiro atoms. The van der Waals surface area contributed by atoms with Crippen LogP contribution < -0.4 is 0 Å². The van der Waals surface area contributed by atoms with Gasteiger partial charge in [0.25, 0.3) is 0 Å². The molecule has 4 heteroatoms. The van der Waals surface area contributed by atoms with Gasteiger partial charge in [0.15, 0.2) is 6.29 Å². The highest BCUT2D eigenvalue weighted by molar-refractivity contribution is 5.72. The molecule has 1 saturated carbocycles. The normalized spacial score (nSPS) is 19.0. The summed E-state index contributed by atoms with van der Waals surface area (Å²) >= 11 is 0. The maximum absolute atomic E-state index is 11.3. The van der Waals surface area contributed by atoms with Crippen LogP contribution in [-0.2, 0) is 9.53 Å². The molecular formula is C9H16O4. The van der Waals surface area contributed by atoms with Crippen molar-refractivity contribution >= 4 is 5.97 Å². The minimum atomic E-state index is -1.55. The number of aliphatic hydroxyl groups is 2. The molecule has 0 bridgehead atoms. The molecule has 0 aromatic heterocycles. The number of aliphatic hydroxyl groups excluding tert-OH is 1. The zero-order valence-electron chi connectivity index (χ0n) is 7.61. The minimum absolute atomic E-state index is 0.0208. The summed E-state index contributed by atoms with van der Waals surface area (Å²) in [5.74, 6) is -0.305. The SMILES string of the molecule is O=C(OCC(O)O)C1CCCCC1. The van der Waals surface area contributed by atoms with Crippen molar-refractivity contribution in [3.05, 3.63) is 0 Å². The van der Waals surface area contributed by atoms with Crippen LogP contribution in [0.1, 0.15) is 32.1 Å². The molecule has 0 unspecified atom stereocenters. The Kier molecular flexibility index (Phi) is 4.18. The Hall–Kier alpha value is -0.610. The maximum atomic E-state index is 11.3. The molecule has 0 aliphatic heterocycles. The molecular weight excluding hydrogens is 172 g/mol. The Labute approximate surface area is 77.5 Å². The van der Waals surface area contributed by atoms with Crippen LogP contribution in [-0.4, -0.2) is 29.1 Å². The van der Waals surface area contributed by atoms with E-state index >= 15 is 0 Å². The zero-order valence-corrected chi connectivity index (χ0v) is 7.61. The van der Waals surface area contributed by atoms with Gasteiger partial charge in [0.05, 0.1) is 5.92 Å². The lowest BCUT2D eigenvalue weighted by Crippen LogP contribution is -2.24. The first-order valence-corrected chi connectivity index (χ1v) is 4.73. The Morgan fingerprint density at radius 3 is 2.46 bits per heavy atom. The third kappa shape index (κ3) is 3.74. The molecule has 1 rings (SSSR count). The molecule has 0 amide bonds. The Balaban J connectivity index is 2.21. The van der Waals surface area contributed by atoms with Crippen LogP contribution in [0.25, 0.3) is 0 Å². The van der Waals surface area contributed by atoms with Crippen LogP contribution in [0.4, 0.5) is 0 Å². The summed E-state index contributed by atoms with van der Waals surface area (Å²) in [5.41, 5.74) is 0. The van der Waals surface area contributed by atoms with E-state index in [9.17, 15) is 4.79 Å². The molecule has 0 radical (unpaired) electrons. The van der Waals surface area contributed by atoms with Gasteiger partial charge in [0.1, 0.15) is 6.61 Å². The largest absolute Gasteiger partial charge is 0.460 e. The molecule has 0 aromatic carbocycles. The Morgan fingerprint density at radius 1 is 1.31 bits per heavy atom. The van der Waals surface area contributed by atoms with Crippen molar-refractivity contribution in [2.75, 3.05) is 6.61 Å². The number of hydrogen-bond acceptors (Lipinski definition) is 4. The highest BCUT2D eigenvalue weighted by atomic mass is 16.6. The fraction of sp³-hybridized carbons (Fsp3) is 0.889. The van der Waals surface area contributed by atoms with Gasteiger partial charge in [-0.3, -0.25) is 4.79 Å². The molecule has 0 saturated heterocycles. The fourth-order valence-corrected chi connectivity index (χ4v) is 1.61. The van der Waals surface area contributed by atoms with E-state index in [2.05, 4.69) is 0 Å². The van der Waals surface area contributed by atoms with Crippen LogP contribution in [0, 0.1) is 5.92 Å². The number of rotatable bonds is 3. The number of hydrogen-bond donors (Lipinski definition) is 2. The van der Waals surface area contributed by atoms with Gasteiger partial charge in [-0.05, 0) is 12.8 Å². The highest BCUT2D eigenvalue weighted by Gasteiger charge is 2.22. The van der Waals surface area contributed by atoms with Crippen molar-refractivity contribution in [1.29, 1.82) is 0 Å². The molecule has 0 aromatic rings. The monoisotopic (exact) mass is 188 g/mol. The molecule has 1 aliphatic rings. The molecule has 1 aliphatic carbocycles. The minimum Gasteiger partial charge on any atom is -0.460 e. The zero-order chi connectivity index (χ0) is 9.68. The topological polar surface area (TPSA) is 66.8 Å². The molecule has 76 valence electrons. The summed E-state index contributed by atoms with van der Waals surface area (Å²) in [4.78, 5) is 11.3. The summed E-state index contributed by atoms with van der Waals surface area (Å²) in [6, 6.07) is 0. The van der Waals surface area contributed by atoms with E-state index in [0.29, 0.717) is 0 Å². The number of carbonyl (C=O) groups excluding carboxylic acids is 1. The summed E-state index contributed by atoms with van der Waals surface area (Å²) < 4.78 is 4.70. The van der Waals surface area contributed by atoms with Crippen molar-refractivity contribution < 1.29 is 19.7 Å². The smallest absolute Gasteiger partial charge is 0.309 e. The van der Waals surface area contributed by atoms with E-state index in [-0.39, 0.29) is 18.5 Å². The Bertz CT molecular complexity index is 161. The van der Waals surface area contributed by atoms with Crippen LogP contribution in [0.3, 0.4) is 0 Å². The first-order valence-electron chi connectivity index (χ1n) is 4.73. The second-order valence-corrected chi connectivity index (χ2v) is 3.45. The van der Waals surface area contributed by atoms with Gasteiger partial charge in [-0.2, -0.15) is 0 Å². The maximum Gasteiger partial charge on any atom is 0.309 e. The third-order valence-electron chi connectivity index (χ3n) is 2.31. The average molecular weight is 188 g/mol. The van der Waals surface area contributed by atoms with Gasteiger partial charge < -0.3 is 14.9 Å². The summed E-state index contributed by atoms with van der Waals surface area (Å²) in [7, 11) is 0. The molecule has 13 heavy (non-hydrogen) atoms. The van der Waals surface area contributed by atoms with E-state index in [1.807, 2.05) is 0 Å². The van der Waals surface area contributed by atoms with E-state index in [1.165, 1.54) is 6.42 Å². The van der Waals surface area contributed by atoms with Crippen LogP contribution in [0.5, 0.6) is 0 Å². The van der Waals surface area contributed by atoms with E-state index in [4.69, 9.17) is 14.9 Å². The number of ether oxygens (including phenoxy) is 1. The van der Waals surface area contributed by atoms with Gasteiger partial charge in [-0.15, -0.1) is 0 Å². The number of carbonyl (C=O) groups is 1. The molecule has 0 heterocycles. The van der Waals surface area contributed by atoms with Crippen LogP contribution in [0.2, 0.25) is 0 Å². The van der Waals surface area contributed by atoms with Gasteiger partial charge in [0.2, 0.25) is 0 Å². The Morgan fingerprint density at radius 2 is 1.92 bits per heavy atom. The predicted octanol–water partition coefficient (Wildman–Crippen LogP) is 0.421. The van der Waals surface area contributed by atoms with E-state index in [1.54, 1.807) is 0 Å². The van der Waals surface area contributed by atoms with Crippen molar-refractivity contribution in [2.24, 2.45) is 5.92 Å². The van der Waals surface area contributed by atoms with Crippen molar-refractivity contribution in [3.8, 4) is 0 Å². The standard InChI is InChI=1S/C9H16O4/c10-8(11)6-13-9(12)7-4-2-1-3-5-7/h7-8,10-11H,1-6H2. The lowest BCUT2D eigenvalue weighted by Gasteiger charge is -2.19.